The van der Waals surface area contributed by atoms with Gasteiger partial charge in [-0.25, -0.2) is 0 Å². The SMILES string of the molecule is CC[C@@H](Oc1cccc(OC)c1)C(=O)N1CCN(c2cc(Cl)ccc2C)CC1. The second-order valence-electron chi connectivity index (χ2n) is 6.94. The van der Waals surface area contributed by atoms with Crippen molar-refractivity contribution in [3.05, 3.63) is 53.1 Å². The zero-order chi connectivity index (χ0) is 20.1. The maximum atomic E-state index is 13.0. The number of carbonyl (C=O) groups is 1. The van der Waals surface area contributed by atoms with E-state index < -0.39 is 6.10 Å². The Hall–Kier alpha value is -2.40. The third-order valence-electron chi connectivity index (χ3n) is 5.07. The van der Waals surface area contributed by atoms with Crippen molar-refractivity contribution < 1.29 is 14.3 Å². The summed E-state index contributed by atoms with van der Waals surface area (Å²) in [4.78, 5) is 17.2. The number of anilines is 1. The summed E-state index contributed by atoms with van der Waals surface area (Å²) in [6, 6.07) is 13.3. The van der Waals surface area contributed by atoms with Gasteiger partial charge in [-0.2, -0.15) is 0 Å². The number of nitrogens with zero attached hydrogens (tertiary/aromatic N) is 2. The van der Waals surface area contributed by atoms with Gasteiger partial charge in [-0.3, -0.25) is 4.79 Å². The quantitative estimate of drug-likeness (QED) is 0.727. The fourth-order valence-corrected chi connectivity index (χ4v) is 3.61. The molecule has 2 aromatic rings. The molecule has 0 aliphatic carbocycles. The first-order valence-corrected chi connectivity index (χ1v) is 10.00. The number of hydrogen-bond donors (Lipinski definition) is 0. The molecule has 0 N–H and O–H groups in total. The predicted octanol–water partition coefficient (Wildman–Crippen LogP) is 4.16. The monoisotopic (exact) mass is 402 g/mol. The van der Waals surface area contributed by atoms with E-state index in [2.05, 4.69) is 11.8 Å². The van der Waals surface area contributed by atoms with Crippen molar-refractivity contribution in [1.29, 1.82) is 0 Å². The molecule has 0 unspecified atom stereocenters. The van der Waals surface area contributed by atoms with Crippen LogP contribution >= 0.6 is 11.6 Å². The maximum absolute atomic E-state index is 13.0. The second-order valence-corrected chi connectivity index (χ2v) is 7.37. The van der Waals surface area contributed by atoms with Crippen LogP contribution in [0.1, 0.15) is 18.9 Å². The number of benzene rings is 2. The number of rotatable bonds is 6. The minimum Gasteiger partial charge on any atom is -0.497 e. The molecule has 0 saturated carbocycles. The summed E-state index contributed by atoms with van der Waals surface area (Å²) in [7, 11) is 1.61. The summed E-state index contributed by atoms with van der Waals surface area (Å²) < 4.78 is 11.2. The van der Waals surface area contributed by atoms with E-state index in [9.17, 15) is 4.79 Å². The Labute approximate surface area is 171 Å². The largest absolute Gasteiger partial charge is 0.497 e. The lowest BCUT2D eigenvalue weighted by Gasteiger charge is -2.38. The van der Waals surface area contributed by atoms with E-state index in [1.807, 2.05) is 48.2 Å². The molecule has 1 amide bonds. The third-order valence-corrected chi connectivity index (χ3v) is 5.30. The molecule has 0 bridgehead atoms. The Morgan fingerprint density at radius 3 is 2.50 bits per heavy atom. The summed E-state index contributed by atoms with van der Waals surface area (Å²) in [5, 5.41) is 0.733. The van der Waals surface area contributed by atoms with E-state index in [1.54, 1.807) is 13.2 Å². The summed E-state index contributed by atoms with van der Waals surface area (Å²) in [6.07, 6.45) is 0.121. The topological polar surface area (TPSA) is 42.0 Å². The molecule has 0 spiro atoms. The molecule has 150 valence electrons. The van der Waals surface area contributed by atoms with Crippen LogP contribution in [0.3, 0.4) is 0 Å². The van der Waals surface area contributed by atoms with Gasteiger partial charge in [-0.1, -0.05) is 30.7 Å². The highest BCUT2D eigenvalue weighted by molar-refractivity contribution is 6.30. The molecule has 5 nitrogen and oxygen atoms in total. The van der Waals surface area contributed by atoms with Crippen molar-refractivity contribution in [2.75, 3.05) is 38.2 Å². The Morgan fingerprint density at radius 2 is 1.82 bits per heavy atom. The lowest BCUT2D eigenvalue weighted by Crippen LogP contribution is -2.52. The first kappa shape index (κ1) is 20.3. The molecular weight excluding hydrogens is 376 g/mol. The highest BCUT2D eigenvalue weighted by atomic mass is 35.5. The average Bonchev–Trinajstić information content (AvgIpc) is 2.73. The van der Waals surface area contributed by atoms with Crippen LogP contribution in [-0.4, -0.2) is 50.2 Å². The molecule has 3 rings (SSSR count). The zero-order valence-electron chi connectivity index (χ0n) is 16.7. The molecule has 28 heavy (non-hydrogen) atoms. The van der Waals surface area contributed by atoms with E-state index >= 15 is 0 Å². The molecule has 0 aromatic heterocycles. The van der Waals surface area contributed by atoms with Crippen LogP contribution in [-0.2, 0) is 4.79 Å². The van der Waals surface area contributed by atoms with E-state index in [4.69, 9.17) is 21.1 Å². The van der Waals surface area contributed by atoms with Gasteiger partial charge in [-0.05, 0) is 43.2 Å². The average molecular weight is 403 g/mol. The van der Waals surface area contributed by atoms with Gasteiger partial charge >= 0.3 is 0 Å². The van der Waals surface area contributed by atoms with Crippen LogP contribution in [0.25, 0.3) is 0 Å². The number of methoxy groups -OCH3 is 1. The first-order chi connectivity index (χ1) is 13.5. The number of piperazine rings is 1. The van der Waals surface area contributed by atoms with Crippen molar-refractivity contribution in [3.63, 3.8) is 0 Å². The molecule has 6 heteroatoms. The van der Waals surface area contributed by atoms with E-state index in [0.717, 1.165) is 23.8 Å². The van der Waals surface area contributed by atoms with Crippen LogP contribution < -0.4 is 14.4 Å². The number of amides is 1. The van der Waals surface area contributed by atoms with Crippen molar-refractivity contribution in [2.24, 2.45) is 0 Å². The van der Waals surface area contributed by atoms with Crippen molar-refractivity contribution >= 4 is 23.2 Å². The lowest BCUT2D eigenvalue weighted by molar-refractivity contribution is -0.139. The highest BCUT2D eigenvalue weighted by Gasteiger charge is 2.28. The van der Waals surface area contributed by atoms with Gasteiger partial charge in [0.15, 0.2) is 6.10 Å². The lowest BCUT2D eigenvalue weighted by atomic mass is 10.1. The summed E-state index contributed by atoms with van der Waals surface area (Å²) in [6.45, 7) is 6.95. The van der Waals surface area contributed by atoms with Crippen LogP contribution in [0.15, 0.2) is 42.5 Å². The Balaban J connectivity index is 1.62. The van der Waals surface area contributed by atoms with Gasteiger partial charge in [0.25, 0.3) is 5.91 Å². The molecule has 2 aromatic carbocycles. The molecular formula is C22H27ClN2O3. The smallest absolute Gasteiger partial charge is 0.263 e. The molecule has 1 heterocycles. The maximum Gasteiger partial charge on any atom is 0.263 e. The summed E-state index contributed by atoms with van der Waals surface area (Å²) in [5.74, 6) is 1.39. The predicted molar refractivity (Wildman–Crippen MR) is 113 cm³/mol. The van der Waals surface area contributed by atoms with Gasteiger partial charge < -0.3 is 19.3 Å². The van der Waals surface area contributed by atoms with E-state index in [1.165, 1.54) is 5.56 Å². The zero-order valence-corrected chi connectivity index (χ0v) is 17.4. The van der Waals surface area contributed by atoms with Gasteiger partial charge in [0.05, 0.1) is 7.11 Å². The van der Waals surface area contributed by atoms with Crippen molar-refractivity contribution in [3.8, 4) is 11.5 Å². The van der Waals surface area contributed by atoms with Crippen molar-refractivity contribution in [1.82, 2.24) is 4.90 Å². The first-order valence-electron chi connectivity index (χ1n) is 9.62. The summed E-state index contributed by atoms with van der Waals surface area (Å²) >= 11 is 6.16. The van der Waals surface area contributed by atoms with Gasteiger partial charge in [0, 0.05) is 43.0 Å². The number of hydrogen-bond acceptors (Lipinski definition) is 4. The van der Waals surface area contributed by atoms with Crippen LogP contribution in [0, 0.1) is 6.92 Å². The molecule has 1 fully saturated rings. The molecule has 1 aliphatic rings. The standard InChI is InChI=1S/C22H27ClN2O3/c1-4-21(28-19-7-5-6-18(15-19)27-3)22(26)25-12-10-24(11-13-25)20-14-17(23)9-8-16(20)2/h5-9,14-15,21H,4,10-13H2,1-3H3/t21-/m1/s1. The normalized spacial score (nSPS) is 15.3. The number of carbonyl (C=O) groups excluding carboxylic acids is 1. The number of aryl methyl sites for hydroxylation is 1. The third kappa shape index (κ3) is 4.71. The van der Waals surface area contributed by atoms with Gasteiger partial charge in [0.1, 0.15) is 11.5 Å². The van der Waals surface area contributed by atoms with Crippen molar-refractivity contribution in [2.45, 2.75) is 26.4 Å². The minimum atomic E-state index is -0.494. The Morgan fingerprint density at radius 1 is 1.11 bits per heavy atom. The number of halogens is 1. The molecule has 1 saturated heterocycles. The van der Waals surface area contributed by atoms with Crippen LogP contribution in [0.2, 0.25) is 5.02 Å². The fraction of sp³-hybridized carbons (Fsp3) is 0.409. The molecule has 1 aliphatic heterocycles. The van der Waals surface area contributed by atoms with E-state index in [0.29, 0.717) is 31.0 Å². The summed E-state index contributed by atoms with van der Waals surface area (Å²) in [5.41, 5.74) is 2.33. The molecule has 0 radical (unpaired) electrons. The second kappa shape index (κ2) is 9.20. The van der Waals surface area contributed by atoms with Crippen LogP contribution in [0.5, 0.6) is 11.5 Å². The van der Waals surface area contributed by atoms with Crippen LogP contribution in [0.4, 0.5) is 5.69 Å². The van der Waals surface area contributed by atoms with E-state index in [-0.39, 0.29) is 5.91 Å². The highest BCUT2D eigenvalue weighted by Crippen LogP contribution is 2.26. The Kier molecular flexibility index (Phi) is 6.68. The molecule has 1 atom stereocenters. The van der Waals surface area contributed by atoms with Gasteiger partial charge in [0.2, 0.25) is 0 Å². The minimum absolute atomic E-state index is 0.0350. The fourth-order valence-electron chi connectivity index (χ4n) is 3.44. The number of ether oxygens (including phenoxy) is 2. The van der Waals surface area contributed by atoms with Gasteiger partial charge in [-0.15, -0.1) is 0 Å². The Bertz CT molecular complexity index is 819.